The Kier molecular flexibility index (Phi) is 4.39. The molecule has 27 heavy (non-hydrogen) atoms. The van der Waals surface area contributed by atoms with Gasteiger partial charge in [-0.15, -0.1) is 0 Å². The van der Waals surface area contributed by atoms with Gasteiger partial charge in [0.2, 0.25) is 0 Å². The predicted octanol–water partition coefficient (Wildman–Crippen LogP) is 1.32. The molecular weight excluding hydrogens is 348 g/mol. The number of carbonyl (C=O) groups excluding carboxylic acids is 1. The van der Waals surface area contributed by atoms with Crippen LogP contribution >= 0.6 is 0 Å². The summed E-state index contributed by atoms with van der Waals surface area (Å²) in [5.74, 6) is -0.110. The van der Waals surface area contributed by atoms with E-state index >= 15 is 0 Å². The average molecular weight is 368 g/mol. The lowest BCUT2D eigenvalue weighted by Gasteiger charge is -2.12. The van der Waals surface area contributed by atoms with E-state index in [1.807, 2.05) is 18.2 Å². The molecule has 8 heteroatoms. The van der Waals surface area contributed by atoms with Crippen LogP contribution in [0.25, 0.3) is 16.9 Å². The van der Waals surface area contributed by atoms with Crippen LogP contribution in [0.15, 0.2) is 46.2 Å². The molecule has 0 unspecified atom stereocenters. The molecule has 8 nitrogen and oxygen atoms in total. The topological polar surface area (TPSA) is 88.1 Å². The zero-order valence-electron chi connectivity index (χ0n) is 15.0. The van der Waals surface area contributed by atoms with Crippen molar-refractivity contribution in [2.75, 3.05) is 6.61 Å². The Morgan fingerprint density at radius 1 is 1.22 bits per heavy atom. The lowest BCUT2D eigenvalue weighted by molar-refractivity contribution is -0.143. The van der Waals surface area contributed by atoms with Crippen LogP contribution < -0.4 is 11.2 Å². The molecule has 0 aliphatic heterocycles. The third-order valence-corrected chi connectivity index (χ3v) is 4.66. The Morgan fingerprint density at radius 3 is 2.63 bits per heavy atom. The molecule has 2 heterocycles. The summed E-state index contributed by atoms with van der Waals surface area (Å²) in [6, 6.07) is 9.07. The molecule has 1 aromatic carbocycles. The molecule has 3 aromatic rings. The number of para-hydroxylation sites is 1. The third-order valence-electron chi connectivity index (χ3n) is 4.66. The number of fused-ring (bicyclic) bond motifs is 1. The molecule has 1 aliphatic rings. The molecule has 0 spiro atoms. The van der Waals surface area contributed by atoms with Crippen molar-refractivity contribution in [3.8, 4) is 5.69 Å². The highest BCUT2D eigenvalue weighted by molar-refractivity contribution is 5.76. The van der Waals surface area contributed by atoms with Gasteiger partial charge < -0.3 is 9.30 Å². The summed E-state index contributed by atoms with van der Waals surface area (Å²) >= 11 is 0. The van der Waals surface area contributed by atoms with Crippen molar-refractivity contribution in [1.29, 1.82) is 0 Å². The maximum atomic E-state index is 13.1. The van der Waals surface area contributed by atoms with Gasteiger partial charge in [0.15, 0.2) is 11.2 Å². The maximum Gasteiger partial charge on any atom is 0.337 e. The summed E-state index contributed by atoms with van der Waals surface area (Å²) in [5, 5.41) is 0. The highest BCUT2D eigenvalue weighted by atomic mass is 16.5. The molecule has 0 saturated heterocycles. The van der Waals surface area contributed by atoms with Crippen molar-refractivity contribution in [3.63, 3.8) is 0 Å². The lowest BCUT2D eigenvalue weighted by atomic mass is 10.3. The molecule has 2 aromatic heterocycles. The number of carbonyl (C=O) groups is 1. The minimum atomic E-state index is -0.456. The number of benzene rings is 1. The van der Waals surface area contributed by atoms with Crippen LogP contribution in [0.5, 0.6) is 0 Å². The summed E-state index contributed by atoms with van der Waals surface area (Å²) in [6.45, 7) is 2.23. The number of hydrogen-bond acceptors (Lipinski definition) is 5. The minimum Gasteiger partial charge on any atom is -0.465 e. The van der Waals surface area contributed by atoms with E-state index in [2.05, 4.69) is 4.98 Å². The molecule has 0 radical (unpaired) electrons. The van der Waals surface area contributed by atoms with Crippen LogP contribution in [0.1, 0.15) is 19.8 Å². The standard InChI is InChI=1S/C19H20N4O4/c1-2-27-15(24)11-21-12-20-17-16(21)18(25)22(10-13-8-9-13)19(26)23(17)14-6-4-3-5-7-14/h3-7,12-13H,2,8-11H2,1H3. The molecule has 0 atom stereocenters. The van der Waals surface area contributed by atoms with E-state index in [0.29, 0.717) is 18.2 Å². The summed E-state index contributed by atoms with van der Waals surface area (Å²) in [5.41, 5.74) is 0.265. The summed E-state index contributed by atoms with van der Waals surface area (Å²) in [4.78, 5) is 42.3. The molecule has 140 valence electrons. The second-order valence-corrected chi connectivity index (χ2v) is 6.66. The van der Waals surface area contributed by atoms with Crippen LogP contribution in [0, 0.1) is 5.92 Å². The number of hydrogen-bond donors (Lipinski definition) is 0. The van der Waals surface area contributed by atoms with E-state index in [0.717, 1.165) is 12.8 Å². The van der Waals surface area contributed by atoms with Crippen LogP contribution in [0.3, 0.4) is 0 Å². The zero-order chi connectivity index (χ0) is 19.0. The maximum absolute atomic E-state index is 13.1. The SMILES string of the molecule is CCOC(=O)Cn1cnc2c1c(=O)n(CC1CC1)c(=O)n2-c1ccccc1. The number of imidazole rings is 1. The first-order valence-electron chi connectivity index (χ1n) is 9.02. The highest BCUT2D eigenvalue weighted by Crippen LogP contribution is 2.29. The largest absolute Gasteiger partial charge is 0.465 e. The normalized spacial score (nSPS) is 13.8. The van der Waals surface area contributed by atoms with Gasteiger partial charge in [-0.05, 0) is 37.8 Å². The van der Waals surface area contributed by atoms with Crippen LogP contribution in [0.2, 0.25) is 0 Å². The van der Waals surface area contributed by atoms with Gasteiger partial charge in [0.1, 0.15) is 6.54 Å². The number of ether oxygens (including phenoxy) is 1. The minimum absolute atomic E-state index is 0.129. The van der Waals surface area contributed by atoms with Crippen molar-refractivity contribution in [2.24, 2.45) is 5.92 Å². The third kappa shape index (κ3) is 3.18. The van der Waals surface area contributed by atoms with E-state index < -0.39 is 17.2 Å². The van der Waals surface area contributed by atoms with Crippen molar-refractivity contribution in [1.82, 2.24) is 18.7 Å². The number of aromatic nitrogens is 4. The number of esters is 1. The van der Waals surface area contributed by atoms with Gasteiger partial charge >= 0.3 is 11.7 Å². The van der Waals surface area contributed by atoms with E-state index in [1.54, 1.807) is 19.1 Å². The summed E-state index contributed by atoms with van der Waals surface area (Å²) in [7, 11) is 0. The van der Waals surface area contributed by atoms with E-state index in [-0.39, 0.29) is 24.3 Å². The fourth-order valence-electron chi connectivity index (χ4n) is 3.17. The van der Waals surface area contributed by atoms with E-state index in [4.69, 9.17) is 4.74 Å². The molecule has 0 amide bonds. The first-order valence-corrected chi connectivity index (χ1v) is 9.02. The molecule has 0 N–H and O–H groups in total. The summed E-state index contributed by atoms with van der Waals surface area (Å²) in [6.07, 6.45) is 3.43. The van der Waals surface area contributed by atoms with E-state index in [9.17, 15) is 14.4 Å². The molecule has 1 fully saturated rings. The Hall–Kier alpha value is -3.16. The van der Waals surface area contributed by atoms with Gasteiger partial charge in [0.25, 0.3) is 5.56 Å². The molecule has 4 rings (SSSR count). The second kappa shape index (κ2) is 6.86. The first kappa shape index (κ1) is 17.3. The van der Waals surface area contributed by atoms with Gasteiger partial charge in [-0.1, -0.05) is 18.2 Å². The van der Waals surface area contributed by atoms with Crippen molar-refractivity contribution in [2.45, 2.75) is 32.9 Å². The van der Waals surface area contributed by atoms with Gasteiger partial charge in [-0.2, -0.15) is 0 Å². The Balaban J connectivity index is 1.96. The fraction of sp³-hybridized carbons (Fsp3) is 0.368. The van der Waals surface area contributed by atoms with Crippen molar-refractivity contribution < 1.29 is 9.53 Å². The van der Waals surface area contributed by atoms with Gasteiger partial charge in [0, 0.05) is 6.54 Å². The molecule has 1 aliphatic carbocycles. The second-order valence-electron chi connectivity index (χ2n) is 6.66. The quantitative estimate of drug-likeness (QED) is 0.613. The molecule has 1 saturated carbocycles. The van der Waals surface area contributed by atoms with Gasteiger partial charge in [-0.25, -0.2) is 14.3 Å². The Morgan fingerprint density at radius 2 is 1.96 bits per heavy atom. The highest BCUT2D eigenvalue weighted by Gasteiger charge is 2.26. The Bertz CT molecular complexity index is 1110. The van der Waals surface area contributed by atoms with Gasteiger partial charge in [-0.3, -0.25) is 14.2 Å². The van der Waals surface area contributed by atoms with Crippen molar-refractivity contribution in [3.05, 3.63) is 57.5 Å². The molecule has 0 bridgehead atoms. The fourth-order valence-corrected chi connectivity index (χ4v) is 3.17. The monoisotopic (exact) mass is 368 g/mol. The van der Waals surface area contributed by atoms with Crippen LogP contribution in [-0.2, 0) is 22.6 Å². The zero-order valence-corrected chi connectivity index (χ0v) is 15.0. The first-order chi connectivity index (χ1) is 13.1. The summed E-state index contributed by atoms with van der Waals surface area (Å²) < 4.78 is 9.13. The van der Waals surface area contributed by atoms with Crippen LogP contribution in [-0.4, -0.2) is 31.3 Å². The number of nitrogens with zero attached hydrogens (tertiary/aromatic N) is 4. The van der Waals surface area contributed by atoms with E-state index in [1.165, 1.54) is 20.0 Å². The Labute approximate surface area is 154 Å². The number of rotatable bonds is 6. The van der Waals surface area contributed by atoms with Crippen LogP contribution in [0.4, 0.5) is 0 Å². The molecular formula is C19H20N4O4. The smallest absolute Gasteiger partial charge is 0.337 e. The lowest BCUT2D eigenvalue weighted by Crippen LogP contribution is -2.40. The predicted molar refractivity (Wildman–Crippen MR) is 98.9 cm³/mol. The average Bonchev–Trinajstić information content (AvgIpc) is 3.39. The van der Waals surface area contributed by atoms with Crippen molar-refractivity contribution >= 4 is 17.1 Å². The van der Waals surface area contributed by atoms with Gasteiger partial charge in [0.05, 0.1) is 18.6 Å².